The number of nitrogens with one attached hydrogen (secondary N) is 1. The third-order valence-electron chi connectivity index (χ3n) is 3.98. The maximum absolute atomic E-state index is 12.2. The summed E-state index contributed by atoms with van der Waals surface area (Å²) in [5.74, 6) is -0.662. The van der Waals surface area contributed by atoms with Crippen molar-refractivity contribution in [2.45, 2.75) is 26.8 Å². The van der Waals surface area contributed by atoms with Crippen LogP contribution in [0.5, 0.6) is 0 Å². The molecule has 1 aliphatic heterocycles. The summed E-state index contributed by atoms with van der Waals surface area (Å²) in [6.45, 7) is 4.55. The Hall–Kier alpha value is -1.96. The molecule has 0 spiro atoms. The summed E-state index contributed by atoms with van der Waals surface area (Å²) in [7, 11) is -3.16. The average Bonchev–Trinajstić information content (AvgIpc) is 2.88. The second-order valence-electron chi connectivity index (χ2n) is 6.84. The Kier molecular flexibility index (Phi) is 6.52. The molecule has 1 aromatic heterocycles. The van der Waals surface area contributed by atoms with E-state index in [-0.39, 0.29) is 42.2 Å². The monoisotopic (exact) mass is 367 g/mol. The molecule has 1 N–H and O–H groups in total. The fourth-order valence-corrected chi connectivity index (χ4v) is 4.47. The molecule has 2 amide bonds. The number of carbonyl (C=O) groups excluding carboxylic acids is 2. The Labute approximate surface area is 148 Å². The first-order valence-electron chi connectivity index (χ1n) is 8.41. The zero-order valence-electron chi connectivity index (χ0n) is 14.6. The van der Waals surface area contributed by atoms with Crippen LogP contribution in [0.15, 0.2) is 24.5 Å². The molecule has 0 aliphatic carbocycles. The maximum Gasteiger partial charge on any atom is 0.225 e. The van der Waals surface area contributed by atoms with Gasteiger partial charge < -0.3 is 10.2 Å². The van der Waals surface area contributed by atoms with Crippen molar-refractivity contribution in [3.63, 3.8) is 0 Å². The van der Waals surface area contributed by atoms with Crippen molar-refractivity contribution in [2.75, 3.05) is 24.6 Å². The number of aromatic nitrogens is 1. The highest BCUT2D eigenvalue weighted by Crippen LogP contribution is 2.20. The smallest absolute Gasteiger partial charge is 0.225 e. The molecule has 1 atom stereocenters. The Bertz CT molecular complexity index is 704. The van der Waals surface area contributed by atoms with E-state index >= 15 is 0 Å². The molecule has 1 aromatic rings. The van der Waals surface area contributed by atoms with Crippen LogP contribution in [0.25, 0.3) is 0 Å². The molecule has 7 nitrogen and oxygen atoms in total. The van der Waals surface area contributed by atoms with Crippen LogP contribution in [0.3, 0.4) is 0 Å². The second kappa shape index (κ2) is 8.42. The van der Waals surface area contributed by atoms with Gasteiger partial charge in [0.05, 0.1) is 17.4 Å². The van der Waals surface area contributed by atoms with Crippen LogP contribution in [0.4, 0.5) is 0 Å². The van der Waals surface area contributed by atoms with Crippen LogP contribution in [0.2, 0.25) is 0 Å². The minimum absolute atomic E-state index is 0.0641. The highest BCUT2D eigenvalue weighted by atomic mass is 32.2. The first-order valence-corrected chi connectivity index (χ1v) is 10.2. The van der Waals surface area contributed by atoms with E-state index in [2.05, 4.69) is 10.3 Å². The van der Waals surface area contributed by atoms with Crippen LogP contribution in [-0.2, 0) is 26.0 Å². The van der Waals surface area contributed by atoms with E-state index in [1.165, 1.54) is 0 Å². The molecule has 1 aliphatic rings. The van der Waals surface area contributed by atoms with Gasteiger partial charge in [-0.15, -0.1) is 0 Å². The summed E-state index contributed by atoms with van der Waals surface area (Å²) in [5.41, 5.74) is 0.914. The molecule has 138 valence electrons. The number of carbonyl (C=O) groups is 2. The van der Waals surface area contributed by atoms with E-state index in [0.717, 1.165) is 5.56 Å². The van der Waals surface area contributed by atoms with E-state index in [4.69, 9.17) is 0 Å². The summed E-state index contributed by atoms with van der Waals surface area (Å²) in [6.07, 6.45) is 3.52. The van der Waals surface area contributed by atoms with Gasteiger partial charge in [-0.1, -0.05) is 19.9 Å². The highest BCUT2D eigenvalue weighted by Gasteiger charge is 2.34. The van der Waals surface area contributed by atoms with Crippen molar-refractivity contribution in [3.8, 4) is 0 Å². The second-order valence-corrected chi connectivity index (χ2v) is 9.06. The quantitative estimate of drug-likeness (QED) is 0.726. The lowest BCUT2D eigenvalue weighted by atomic mass is 10.1. The fraction of sp³-hybridized carbons (Fsp3) is 0.588. The van der Waals surface area contributed by atoms with Gasteiger partial charge in [-0.2, -0.15) is 0 Å². The summed E-state index contributed by atoms with van der Waals surface area (Å²) >= 11 is 0. The van der Waals surface area contributed by atoms with Crippen LogP contribution in [0, 0.1) is 11.8 Å². The molecule has 0 aromatic carbocycles. The van der Waals surface area contributed by atoms with Gasteiger partial charge in [0, 0.05) is 38.4 Å². The normalized spacial score (nSPS) is 18.0. The van der Waals surface area contributed by atoms with Crippen molar-refractivity contribution in [1.82, 2.24) is 15.2 Å². The Morgan fingerprint density at radius 1 is 1.44 bits per heavy atom. The fourth-order valence-electron chi connectivity index (χ4n) is 2.88. The van der Waals surface area contributed by atoms with Gasteiger partial charge in [0.25, 0.3) is 0 Å². The lowest BCUT2D eigenvalue weighted by Crippen LogP contribution is -2.36. The number of nitrogens with zero attached hydrogens (tertiary/aromatic N) is 2. The molecule has 0 saturated carbocycles. The van der Waals surface area contributed by atoms with Gasteiger partial charge in [-0.05, 0) is 17.5 Å². The molecule has 1 fully saturated rings. The van der Waals surface area contributed by atoms with Crippen molar-refractivity contribution in [3.05, 3.63) is 30.1 Å². The zero-order valence-corrected chi connectivity index (χ0v) is 15.5. The maximum atomic E-state index is 12.2. The van der Waals surface area contributed by atoms with Crippen LogP contribution in [-0.4, -0.2) is 54.7 Å². The number of likely N-dealkylation sites (tertiary alicyclic amines) is 1. The Balaban J connectivity index is 1.80. The highest BCUT2D eigenvalue weighted by molar-refractivity contribution is 7.91. The van der Waals surface area contributed by atoms with Crippen LogP contribution < -0.4 is 5.32 Å². The van der Waals surface area contributed by atoms with Gasteiger partial charge in [-0.3, -0.25) is 14.6 Å². The number of pyridine rings is 1. The molecule has 25 heavy (non-hydrogen) atoms. The molecule has 1 unspecified atom stereocenters. The first kappa shape index (κ1) is 19.4. The van der Waals surface area contributed by atoms with Gasteiger partial charge in [-0.25, -0.2) is 8.42 Å². The number of hydrogen-bond acceptors (Lipinski definition) is 5. The van der Waals surface area contributed by atoms with Crippen molar-refractivity contribution in [1.29, 1.82) is 0 Å². The van der Waals surface area contributed by atoms with Crippen molar-refractivity contribution < 1.29 is 18.0 Å². The number of amides is 2. The molecular formula is C17H25N3O4S. The Morgan fingerprint density at radius 2 is 2.20 bits per heavy atom. The third-order valence-corrected chi connectivity index (χ3v) is 5.98. The summed E-state index contributed by atoms with van der Waals surface area (Å²) in [4.78, 5) is 29.9. The molecule has 2 rings (SSSR count). The van der Waals surface area contributed by atoms with Crippen molar-refractivity contribution in [2.24, 2.45) is 11.8 Å². The predicted octanol–water partition coefficient (Wildman–Crippen LogP) is 0.617. The SMILES string of the molecule is CC(C)CS(=O)(=O)CCNC(=O)C1CC(=O)N(Cc2cccnc2)C1. The van der Waals surface area contributed by atoms with Crippen LogP contribution in [0.1, 0.15) is 25.8 Å². The summed E-state index contributed by atoms with van der Waals surface area (Å²) in [5, 5.41) is 2.65. The lowest BCUT2D eigenvalue weighted by Gasteiger charge is -2.16. The van der Waals surface area contributed by atoms with E-state index in [1.54, 1.807) is 23.4 Å². The van der Waals surface area contributed by atoms with Crippen LogP contribution >= 0.6 is 0 Å². The van der Waals surface area contributed by atoms with Gasteiger partial charge in [0.15, 0.2) is 9.84 Å². The Morgan fingerprint density at radius 3 is 2.84 bits per heavy atom. The molecular weight excluding hydrogens is 342 g/mol. The first-order chi connectivity index (χ1) is 11.8. The number of rotatable bonds is 8. The summed E-state index contributed by atoms with van der Waals surface area (Å²) < 4.78 is 23.7. The molecule has 1 saturated heterocycles. The molecule has 0 radical (unpaired) electrons. The van der Waals surface area contributed by atoms with E-state index in [0.29, 0.717) is 13.1 Å². The topological polar surface area (TPSA) is 96.4 Å². The van der Waals surface area contributed by atoms with Gasteiger partial charge in [0.2, 0.25) is 11.8 Å². The van der Waals surface area contributed by atoms with E-state index in [1.807, 2.05) is 19.9 Å². The molecule has 2 heterocycles. The summed E-state index contributed by atoms with van der Waals surface area (Å²) in [6, 6.07) is 3.69. The minimum atomic E-state index is -3.16. The van der Waals surface area contributed by atoms with Gasteiger partial charge in [0.1, 0.15) is 0 Å². The standard InChI is InChI=1S/C17H25N3O4S/c1-13(2)12-25(23,24)7-6-19-17(22)15-8-16(21)20(11-15)10-14-4-3-5-18-9-14/h3-5,9,13,15H,6-8,10-12H2,1-2H3,(H,19,22). The van der Waals surface area contributed by atoms with Gasteiger partial charge >= 0.3 is 0 Å². The van der Waals surface area contributed by atoms with E-state index < -0.39 is 15.8 Å². The predicted molar refractivity (Wildman–Crippen MR) is 94.3 cm³/mol. The molecule has 8 heteroatoms. The number of sulfone groups is 1. The number of hydrogen-bond donors (Lipinski definition) is 1. The molecule has 0 bridgehead atoms. The van der Waals surface area contributed by atoms with Crippen molar-refractivity contribution >= 4 is 21.7 Å². The zero-order chi connectivity index (χ0) is 18.4. The van der Waals surface area contributed by atoms with E-state index in [9.17, 15) is 18.0 Å². The minimum Gasteiger partial charge on any atom is -0.355 e. The largest absolute Gasteiger partial charge is 0.355 e. The average molecular weight is 367 g/mol. The lowest BCUT2D eigenvalue weighted by molar-refractivity contribution is -0.129. The third kappa shape index (κ3) is 6.12.